The third-order valence-corrected chi connectivity index (χ3v) is 5.76. The molecule has 2 nitrogen and oxygen atoms in total. The van der Waals surface area contributed by atoms with Crippen LogP contribution < -0.4 is 5.32 Å². The summed E-state index contributed by atoms with van der Waals surface area (Å²) in [7, 11) is 0. The van der Waals surface area contributed by atoms with Crippen LogP contribution in [0.4, 0.5) is 0 Å². The van der Waals surface area contributed by atoms with Crippen LogP contribution in [0.25, 0.3) is 0 Å². The van der Waals surface area contributed by atoms with E-state index in [0.29, 0.717) is 11.6 Å². The number of rotatable bonds is 6. The van der Waals surface area contributed by atoms with Gasteiger partial charge in [0.25, 0.3) is 0 Å². The summed E-state index contributed by atoms with van der Waals surface area (Å²) in [5, 5.41) is 3.83. The molecule has 2 unspecified atom stereocenters. The van der Waals surface area contributed by atoms with E-state index in [9.17, 15) is 0 Å². The second-order valence-electron chi connectivity index (χ2n) is 7.45. The third-order valence-electron chi connectivity index (χ3n) is 5.76. The summed E-state index contributed by atoms with van der Waals surface area (Å²) in [5.41, 5.74) is 0.425. The minimum atomic E-state index is 0.425. The van der Waals surface area contributed by atoms with Crippen molar-refractivity contribution >= 4 is 0 Å². The largest absolute Gasteiger partial charge is 0.311 e. The van der Waals surface area contributed by atoms with Crippen molar-refractivity contribution in [1.82, 2.24) is 10.2 Å². The van der Waals surface area contributed by atoms with Gasteiger partial charge in [0.1, 0.15) is 0 Å². The average molecular weight is 266 g/mol. The van der Waals surface area contributed by atoms with Crippen LogP contribution in [-0.2, 0) is 0 Å². The van der Waals surface area contributed by atoms with Gasteiger partial charge in [0.15, 0.2) is 0 Å². The summed E-state index contributed by atoms with van der Waals surface area (Å²) in [5.74, 6) is 2.57. The Bertz CT molecular complexity index is 279. The lowest BCUT2D eigenvalue weighted by molar-refractivity contribution is 0.0123. The van der Waals surface area contributed by atoms with Gasteiger partial charge < -0.3 is 5.32 Å². The highest BCUT2D eigenvalue weighted by Crippen LogP contribution is 2.44. The van der Waals surface area contributed by atoms with Gasteiger partial charge in [-0.2, -0.15) is 0 Å². The monoisotopic (exact) mass is 266 g/mol. The summed E-state index contributed by atoms with van der Waals surface area (Å²) < 4.78 is 0. The van der Waals surface area contributed by atoms with Crippen molar-refractivity contribution in [2.45, 2.75) is 71.9 Å². The van der Waals surface area contributed by atoms with Gasteiger partial charge in [-0.1, -0.05) is 40.5 Å². The molecule has 0 aromatic heterocycles. The fourth-order valence-electron chi connectivity index (χ4n) is 3.66. The van der Waals surface area contributed by atoms with Gasteiger partial charge in [-0.25, -0.2) is 0 Å². The minimum Gasteiger partial charge on any atom is -0.311 e. The lowest BCUT2D eigenvalue weighted by atomic mass is 9.86. The zero-order valence-electron chi connectivity index (χ0n) is 13.7. The predicted octanol–water partition coefficient (Wildman–Crippen LogP) is 3.52. The van der Waals surface area contributed by atoms with E-state index in [-0.39, 0.29) is 0 Å². The normalized spacial score (nSPS) is 33.3. The molecule has 0 amide bonds. The van der Waals surface area contributed by atoms with E-state index in [2.05, 4.69) is 44.8 Å². The minimum absolute atomic E-state index is 0.425. The molecule has 0 bridgehead atoms. The highest BCUT2D eigenvalue weighted by Gasteiger charge is 2.48. The third kappa shape index (κ3) is 3.33. The van der Waals surface area contributed by atoms with E-state index in [0.717, 1.165) is 17.8 Å². The molecular formula is C17H34N2. The molecule has 2 fully saturated rings. The molecule has 1 aliphatic heterocycles. The Morgan fingerprint density at radius 3 is 2.32 bits per heavy atom. The molecule has 0 radical (unpaired) electrons. The van der Waals surface area contributed by atoms with Crippen molar-refractivity contribution in [1.29, 1.82) is 0 Å². The molecule has 1 aliphatic carbocycles. The van der Waals surface area contributed by atoms with Crippen molar-refractivity contribution in [3.63, 3.8) is 0 Å². The molecule has 2 heteroatoms. The summed E-state index contributed by atoms with van der Waals surface area (Å²) in [6.45, 7) is 15.7. The summed E-state index contributed by atoms with van der Waals surface area (Å²) in [6.07, 6.45) is 5.55. The number of hydrogen-bond acceptors (Lipinski definition) is 2. The first-order valence-electron chi connectivity index (χ1n) is 8.49. The van der Waals surface area contributed by atoms with Crippen LogP contribution in [0.5, 0.6) is 0 Å². The van der Waals surface area contributed by atoms with Crippen molar-refractivity contribution < 1.29 is 0 Å². The zero-order chi connectivity index (χ0) is 14.0. The van der Waals surface area contributed by atoms with E-state index < -0.39 is 0 Å². The Balaban J connectivity index is 2.06. The second kappa shape index (κ2) is 6.13. The van der Waals surface area contributed by atoms with Crippen molar-refractivity contribution in [2.24, 2.45) is 17.8 Å². The molecule has 0 aromatic rings. The number of hydrogen-bond donors (Lipinski definition) is 1. The molecule has 0 aromatic carbocycles. The van der Waals surface area contributed by atoms with Gasteiger partial charge in [0.05, 0.1) is 0 Å². The smallest absolute Gasteiger partial charge is 0.0334 e. The van der Waals surface area contributed by atoms with Crippen LogP contribution >= 0.6 is 0 Å². The van der Waals surface area contributed by atoms with E-state index in [1.54, 1.807) is 0 Å². The fourth-order valence-corrected chi connectivity index (χ4v) is 3.66. The van der Waals surface area contributed by atoms with Gasteiger partial charge in [-0.05, 0) is 37.5 Å². The second-order valence-corrected chi connectivity index (χ2v) is 7.45. The van der Waals surface area contributed by atoms with Crippen molar-refractivity contribution in [2.75, 3.05) is 19.6 Å². The molecule has 0 spiro atoms. The predicted molar refractivity (Wildman–Crippen MR) is 83.4 cm³/mol. The van der Waals surface area contributed by atoms with E-state index in [4.69, 9.17) is 0 Å². The van der Waals surface area contributed by atoms with Crippen LogP contribution in [0.15, 0.2) is 0 Å². The highest BCUT2D eigenvalue weighted by atomic mass is 15.3. The molecule has 2 atom stereocenters. The number of nitrogens with zero attached hydrogens (tertiary/aromatic N) is 1. The SMILES string of the molecule is CCC(CC)CN1CC(C(C)C)NCC1(C)C1CC1. The standard InChI is InChI=1S/C17H34N2/c1-6-14(7-2)10-19-11-16(13(3)4)18-12-17(19,5)15-8-9-15/h13-16,18H,6-12H2,1-5H3. The summed E-state index contributed by atoms with van der Waals surface area (Å²) >= 11 is 0. The van der Waals surface area contributed by atoms with Gasteiger partial charge >= 0.3 is 0 Å². The zero-order valence-corrected chi connectivity index (χ0v) is 13.7. The van der Waals surface area contributed by atoms with Crippen LogP contribution in [0, 0.1) is 17.8 Å². The maximum atomic E-state index is 3.83. The Morgan fingerprint density at radius 2 is 1.84 bits per heavy atom. The molecule has 2 rings (SSSR count). The topological polar surface area (TPSA) is 15.3 Å². The summed E-state index contributed by atoms with van der Waals surface area (Å²) in [4.78, 5) is 2.85. The maximum absolute atomic E-state index is 3.83. The summed E-state index contributed by atoms with van der Waals surface area (Å²) in [6, 6.07) is 0.682. The molecule has 1 saturated carbocycles. The first-order chi connectivity index (χ1) is 9.01. The first kappa shape index (κ1) is 15.3. The lowest BCUT2D eigenvalue weighted by Gasteiger charge is -2.50. The van der Waals surface area contributed by atoms with E-state index >= 15 is 0 Å². The van der Waals surface area contributed by atoms with Crippen LogP contribution in [0.1, 0.15) is 60.3 Å². The molecule has 1 heterocycles. The maximum Gasteiger partial charge on any atom is 0.0334 e. The van der Waals surface area contributed by atoms with Crippen molar-refractivity contribution in [3.8, 4) is 0 Å². The lowest BCUT2D eigenvalue weighted by Crippen LogP contribution is -2.66. The Labute approximate surface area is 120 Å². The van der Waals surface area contributed by atoms with Crippen LogP contribution in [0.3, 0.4) is 0 Å². The van der Waals surface area contributed by atoms with Gasteiger partial charge in [0, 0.05) is 31.2 Å². The molecular weight excluding hydrogens is 232 g/mol. The molecule has 1 saturated heterocycles. The molecule has 2 aliphatic rings. The number of nitrogens with one attached hydrogen (secondary N) is 1. The van der Waals surface area contributed by atoms with Crippen LogP contribution in [0.2, 0.25) is 0 Å². The Kier molecular flexibility index (Phi) is 4.94. The molecule has 112 valence electrons. The quantitative estimate of drug-likeness (QED) is 0.791. The number of piperazine rings is 1. The van der Waals surface area contributed by atoms with Gasteiger partial charge in [-0.15, -0.1) is 0 Å². The Morgan fingerprint density at radius 1 is 1.21 bits per heavy atom. The molecule has 1 N–H and O–H groups in total. The average Bonchev–Trinajstić information content (AvgIpc) is 3.22. The van der Waals surface area contributed by atoms with Crippen molar-refractivity contribution in [3.05, 3.63) is 0 Å². The van der Waals surface area contributed by atoms with Gasteiger partial charge in [-0.3, -0.25) is 4.90 Å². The Hall–Kier alpha value is -0.0800. The van der Waals surface area contributed by atoms with E-state index in [1.807, 2.05) is 0 Å². The van der Waals surface area contributed by atoms with Gasteiger partial charge in [0.2, 0.25) is 0 Å². The highest BCUT2D eigenvalue weighted by molar-refractivity contribution is 5.05. The van der Waals surface area contributed by atoms with E-state index in [1.165, 1.54) is 45.3 Å². The molecule has 19 heavy (non-hydrogen) atoms. The first-order valence-corrected chi connectivity index (χ1v) is 8.49. The fraction of sp³-hybridized carbons (Fsp3) is 1.00. The van der Waals surface area contributed by atoms with Crippen LogP contribution in [-0.4, -0.2) is 36.1 Å².